The molecule has 0 aromatic carbocycles. The van der Waals surface area contributed by atoms with E-state index in [1.165, 1.54) is 51.4 Å². The summed E-state index contributed by atoms with van der Waals surface area (Å²) < 4.78 is 6.06. The molecule has 3 rings (SSSR count). The Morgan fingerprint density at radius 2 is 1.95 bits per heavy atom. The van der Waals surface area contributed by atoms with Crippen LogP contribution in [0, 0.1) is 5.92 Å². The van der Waals surface area contributed by atoms with Crippen molar-refractivity contribution in [2.24, 2.45) is 5.92 Å². The number of morpholine rings is 1. The molecule has 3 fully saturated rings. The summed E-state index contributed by atoms with van der Waals surface area (Å²) in [6.45, 7) is 4.47. The number of likely N-dealkylation sites (N-methyl/N-ethyl adjacent to an activating group) is 1. The quantitative estimate of drug-likeness (QED) is 0.860. The third-order valence-electron chi connectivity index (χ3n) is 6.07. The fraction of sp³-hybridized carbons (Fsp3) is 1.00. The molecule has 0 aromatic rings. The van der Waals surface area contributed by atoms with Crippen LogP contribution in [0.25, 0.3) is 0 Å². The molecule has 116 valence electrons. The second-order valence-corrected chi connectivity index (χ2v) is 7.05. The van der Waals surface area contributed by atoms with Crippen molar-refractivity contribution < 1.29 is 4.74 Å². The second kappa shape index (κ2) is 6.76. The lowest BCUT2D eigenvalue weighted by Gasteiger charge is -2.51. The number of ether oxygens (including phenoxy) is 1. The van der Waals surface area contributed by atoms with Gasteiger partial charge in [-0.2, -0.15) is 0 Å². The first-order chi connectivity index (χ1) is 9.83. The molecular formula is C17H32N2O. The van der Waals surface area contributed by atoms with Crippen molar-refractivity contribution >= 4 is 0 Å². The van der Waals surface area contributed by atoms with Gasteiger partial charge in [-0.15, -0.1) is 0 Å². The number of nitrogens with one attached hydrogen (secondary N) is 1. The Morgan fingerprint density at radius 1 is 1.10 bits per heavy atom. The summed E-state index contributed by atoms with van der Waals surface area (Å²) in [5.74, 6) is 0.939. The zero-order valence-corrected chi connectivity index (χ0v) is 13.3. The molecule has 3 heteroatoms. The maximum atomic E-state index is 6.06. The standard InChI is InChI=1S/C17H32N2O/c1-3-13-8-9-14(18-2)16(12-13)19-10-11-20-17-7-5-4-6-15(17)19/h13-18H,3-12H2,1-2H3. The summed E-state index contributed by atoms with van der Waals surface area (Å²) in [7, 11) is 2.16. The summed E-state index contributed by atoms with van der Waals surface area (Å²) in [5.41, 5.74) is 0. The van der Waals surface area contributed by atoms with E-state index in [4.69, 9.17) is 4.74 Å². The molecule has 5 atom stereocenters. The molecule has 0 spiro atoms. The normalized spacial score (nSPS) is 43.2. The van der Waals surface area contributed by atoms with E-state index in [9.17, 15) is 0 Å². The molecule has 0 amide bonds. The van der Waals surface area contributed by atoms with Gasteiger partial charge >= 0.3 is 0 Å². The topological polar surface area (TPSA) is 24.5 Å². The average Bonchev–Trinajstić information content (AvgIpc) is 2.53. The van der Waals surface area contributed by atoms with Crippen LogP contribution in [0.4, 0.5) is 0 Å². The second-order valence-electron chi connectivity index (χ2n) is 7.05. The third-order valence-corrected chi connectivity index (χ3v) is 6.07. The van der Waals surface area contributed by atoms with Gasteiger partial charge in [0.1, 0.15) is 0 Å². The van der Waals surface area contributed by atoms with Crippen LogP contribution in [0.1, 0.15) is 58.3 Å². The number of hydrogen-bond acceptors (Lipinski definition) is 3. The van der Waals surface area contributed by atoms with Crippen LogP contribution in [-0.4, -0.2) is 49.3 Å². The molecule has 1 aliphatic heterocycles. The van der Waals surface area contributed by atoms with Gasteiger partial charge in [-0.3, -0.25) is 4.90 Å². The molecule has 0 aromatic heterocycles. The molecule has 2 saturated carbocycles. The molecule has 1 heterocycles. The molecule has 1 saturated heterocycles. The summed E-state index contributed by atoms with van der Waals surface area (Å²) in [4.78, 5) is 2.84. The summed E-state index contributed by atoms with van der Waals surface area (Å²) in [6.07, 6.45) is 11.4. The molecule has 3 aliphatic rings. The van der Waals surface area contributed by atoms with Crippen molar-refractivity contribution in [3.63, 3.8) is 0 Å². The average molecular weight is 280 g/mol. The fourth-order valence-corrected chi connectivity index (χ4v) is 4.84. The zero-order valence-electron chi connectivity index (χ0n) is 13.3. The van der Waals surface area contributed by atoms with Crippen molar-refractivity contribution in [2.75, 3.05) is 20.2 Å². The highest BCUT2D eigenvalue weighted by Gasteiger charge is 2.41. The Balaban J connectivity index is 1.73. The molecule has 2 aliphatic carbocycles. The van der Waals surface area contributed by atoms with E-state index in [1.807, 2.05) is 0 Å². The maximum absolute atomic E-state index is 6.06. The number of fused-ring (bicyclic) bond motifs is 1. The predicted molar refractivity (Wildman–Crippen MR) is 83.0 cm³/mol. The van der Waals surface area contributed by atoms with Crippen molar-refractivity contribution in [2.45, 2.75) is 82.5 Å². The SMILES string of the molecule is CCC1CCC(NC)C(N2CCOC3CCCCC32)C1. The van der Waals surface area contributed by atoms with Gasteiger partial charge < -0.3 is 10.1 Å². The summed E-state index contributed by atoms with van der Waals surface area (Å²) in [6, 6.07) is 2.14. The molecule has 3 nitrogen and oxygen atoms in total. The maximum Gasteiger partial charge on any atom is 0.0731 e. The first-order valence-electron chi connectivity index (χ1n) is 8.88. The Hall–Kier alpha value is -0.120. The van der Waals surface area contributed by atoms with Crippen LogP contribution in [0.15, 0.2) is 0 Å². The molecule has 0 bridgehead atoms. The smallest absolute Gasteiger partial charge is 0.0731 e. The van der Waals surface area contributed by atoms with Crippen LogP contribution < -0.4 is 5.32 Å². The highest BCUT2D eigenvalue weighted by molar-refractivity contribution is 4.97. The lowest BCUT2D eigenvalue weighted by atomic mass is 9.78. The van der Waals surface area contributed by atoms with Crippen LogP contribution in [0.3, 0.4) is 0 Å². The zero-order chi connectivity index (χ0) is 13.9. The molecule has 0 radical (unpaired) electrons. The largest absolute Gasteiger partial charge is 0.375 e. The van der Waals surface area contributed by atoms with Crippen molar-refractivity contribution in [3.05, 3.63) is 0 Å². The van der Waals surface area contributed by atoms with E-state index in [0.717, 1.165) is 25.1 Å². The van der Waals surface area contributed by atoms with Gasteiger partial charge in [0, 0.05) is 24.7 Å². The van der Waals surface area contributed by atoms with Gasteiger partial charge in [0.15, 0.2) is 0 Å². The van der Waals surface area contributed by atoms with E-state index in [-0.39, 0.29) is 0 Å². The van der Waals surface area contributed by atoms with E-state index in [0.29, 0.717) is 18.2 Å². The van der Waals surface area contributed by atoms with E-state index >= 15 is 0 Å². The fourth-order valence-electron chi connectivity index (χ4n) is 4.84. The Bertz CT molecular complexity index is 307. The predicted octanol–water partition coefficient (Wildman–Crippen LogP) is 2.80. The Labute approximate surface area is 124 Å². The van der Waals surface area contributed by atoms with Gasteiger partial charge in [-0.05, 0) is 45.1 Å². The minimum atomic E-state index is 0.525. The first-order valence-corrected chi connectivity index (χ1v) is 8.88. The minimum absolute atomic E-state index is 0.525. The van der Waals surface area contributed by atoms with E-state index < -0.39 is 0 Å². The molecule has 5 unspecified atom stereocenters. The number of rotatable bonds is 3. The monoisotopic (exact) mass is 280 g/mol. The number of hydrogen-bond donors (Lipinski definition) is 1. The van der Waals surface area contributed by atoms with Crippen molar-refractivity contribution in [1.29, 1.82) is 0 Å². The highest BCUT2D eigenvalue weighted by atomic mass is 16.5. The van der Waals surface area contributed by atoms with Crippen molar-refractivity contribution in [1.82, 2.24) is 10.2 Å². The molecule has 20 heavy (non-hydrogen) atoms. The minimum Gasteiger partial charge on any atom is -0.375 e. The summed E-state index contributed by atoms with van der Waals surface area (Å²) >= 11 is 0. The van der Waals surface area contributed by atoms with Crippen LogP contribution in [0.5, 0.6) is 0 Å². The van der Waals surface area contributed by atoms with Gasteiger partial charge in [-0.1, -0.05) is 26.2 Å². The van der Waals surface area contributed by atoms with Gasteiger partial charge in [0.2, 0.25) is 0 Å². The molecule has 1 N–H and O–H groups in total. The Morgan fingerprint density at radius 3 is 2.75 bits per heavy atom. The molecular weight excluding hydrogens is 248 g/mol. The van der Waals surface area contributed by atoms with Crippen LogP contribution in [-0.2, 0) is 4.74 Å². The van der Waals surface area contributed by atoms with Crippen LogP contribution >= 0.6 is 0 Å². The van der Waals surface area contributed by atoms with Gasteiger partial charge in [0.05, 0.1) is 12.7 Å². The van der Waals surface area contributed by atoms with Gasteiger partial charge in [-0.25, -0.2) is 0 Å². The van der Waals surface area contributed by atoms with Crippen LogP contribution in [0.2, 0.25) is 0 Å². The highest BCUT2D eigenvalue weighted by Crippen LogP contribution is 2.36. The lowest BCUT2D eigenvalue weighted by Crippen LogP contribution is -2.62. The van der Waals surface area contributed by atoms with Crippen molar-refractivity contribution in [3.8, 4) is 0 Å². The Kier molecular flexibility index (Phi) is 5.00. The first kappa shape index (κ1) is 14.8. The van der Waals surface area contributed by atoms with Gasteiger partial charge in [0.25, 0.3) is 0 Å². The van der Waals surface area contributed by atoms with E-state index in [1.54, 1.807) is 0 Å². The number of nitrogens with zero attached hydrogens (tertiary/aromatic N) is 1. The lowest BCUT2D eigenvalue weighted by molar-refractivity contribution is -0.113. The third kappa shape index (κ3) is 2.90. The summed E-state index contributed by atoms with van der Waals surface area (Å²) in [5, 5.41) is 3.61. The van der Waals surface area contributed by atoms with E-state index in [2.05, 4.69) is 24.2 Å².